The van der Waals surface area contributed by atoms with Crippen LogP contribution in [0.1, 0.15) is 48.0 Å². The molecule has 0 atom stereocenters. The summed E-state index contributed by atoms with van der Waals surface area (Å²) in [6.45, 7) is 4.86. The van der Waals surface area contributed by atoms with Crippen molar-refractivity contribution < 1.29 is 33.0 Å². The molecule has 0 aliphatic carbocycles. The third kappa shape index (κ3) is 11.9. The number of nitrogens with two attached hydrogens (primary N) is 2. The maximum atomic E-state index is 13.0. The molecule has 6 N–H and O–H groups in total. The molecule has 6 heterocycles. The van der Waals surface area contributed by atoms with Crippen molar-refractivity contribution in [1.82, 2.24) is 55.3 Å². The number of benzene rings is 1. The van der Waals surface area contributed by atoms with Crippen molar-refractivity contribution in [3.63, 3.8) is 0 Å². The van der Waals surface area contributed by atoms with Gasteiger partial charge >= 0.3 is 6.09 Å². The number of fused-ring (bicyclic) bond motifs is 2. The topological polar surface area (TPSA) is 283 Å². The quantitative estimate of drug-likeness (QED) is 0.0433. The van der Waals surface area contributed by atoms with Crippen LogP contribution in [0.4, 0.5) is 28.5 Å². The van der Waals surface area contributed by atoms with Crippen LogP contribution in [0.5, 0.6) is 0 Å². The Kier molecular flexibility index (Phi) is 15.3. The lowest BCUT2D eigenvalue weighted by Gasteiger charge is -2.34. The Bertz CT molecular complexity index is 2550. The number of nitrogens with zero attached hydrogens (tertiary/aromatic N) is 11. The number of oxazole rings is 1. The van der Waals surface area contributed by atoms with E-state index in [9.17, 15) is 14.4 Å². The molecule has 1 saturated heterocycles. The van der Waals surface area contributed by atoms with Crippen LogP contribution in [0.3, 0.4) is 0 Å². The first kappa shape index (κ1) is 44.5. The molecule has 334 valence electrons. The third-order valence-electron chi connectivity index (χ3n) is 10.1. The number of nitrogens with one attached hydrogen (secondary N) is 2. The SMILES string of the molecule is C#CCOC(=O)NCCOCCOCCC(=O)NCc1cnc(N2CCN(c3ncc(C(=O)CCCCCn4nc(-c5ccc6oc(N)nc6c5)c5c(N)ncnc54)cn3)CC2)nc1. The van der Waals surface area contributed by atoms with Gasteiger partial charge in [0.15, 0.2) is 23.6 Å². The lowest BCUT2D eigenvalue weighted by molar-refractivity contribution is -0.122. The summed E-state index contributed by atoms with van der Waals surface area (Å²) in [4.78, 5) is 71.7. The first-order valence-corrected chi connectivity index (χ1v) is 20.8. The highest BCUT2D eigenvalue weighted by molar-refractivity contribution is 5.99. The number of ether oxygens (including phenoxy) is 3. The van der Waals surface area contributed by atoms with E-state index in [1.807, 2.05) is 16.8 Å². The fraction of sp³-hybridized carbons (Fsp3) is 0.405. The van der Waals surface area contributed by atoms with Crippen molar-refractivity contribution in [2.75, 3.05) is 87.0 Å². The van der Waals surface area contributed by atoms with Crippen LogP contribution in [0.25, 0.3) is 33.4 Å². The first-order chi connectivity index (χ1) is 31.2. The number of anilines is 4. The summed E-state index contributed by atoms with van der Waals surface area (Å²) in [6, 6.07) is 5.60. The number of hydrogen-bond donors (Lipinski definition) is 4. The molecule has 0 radical (unpaired) electrons. The monoisotopic (exact) mass is 875 g/mol. The van der Waals surface area contributed by atoms with E-state index >= 15 is 0 Å². The molecule has 5 aromatic heterocycles. The van der Waals surface area contributed by atoms with Gasteiger partial charge in [0, 0.05) is 94.6 Å². The molecule has 22 nitrogen and oxygen atoms in total. The highest BCUT2D eigenvalue weighted by Gasteiger charge is 2.22. The van der Waals surface area contributed by atoms with Crippen LogP contribution >= 0.6 is 0 Å². The summed E-state index contributed by atoms with van der Waals surface area (Å²) in [6.07, 6.45) is 15.3. The maximum absolute atomic E-state index is 13.0. The zero-order valence-electron chi connectivity index (χ0n) is 35.1. The standard InChI is InChI=1S/C42H49N15O7/c1-2-16-63-42(60)45-10-18-62-20-19-61-17-9-34(59)46-22-28-23-47-40(48-24-28)55-12-14-56(15-13-55)41-49-25-30(26-50-41)32(58)6-4-3-5-11-57-38-35(37(43)51-27-52-38)36(54-57)29-7-8-33-31(21-29)53-39(44)64-33/h1,7-8,21,23-27H,3-6,9-20,22H2,(H2,44,53)(H,45,60)(H,46,59)(H2,43,51,52). The number of nitrogen functional groups attached to an aromatic ring is 2. The summed E-state index contributed by atoms with van der Waals surface area (Å²) in [5.41, 5.74) is 16.5. The summed E-state index contributed by atoms with van der Waals surface area (Å²) >= 11 is 0. The average molecular weight is 876 g/mol. The van der Waals surface area contributed by atoms with Gasteiger partial charge in [-0.15, -0.1) is 6.42 Å². The van der Waals surface area contributed by atoms with Crippen molar-refractivity contribution in [2.24, 2.45) is 0 Å². The van der Waals surface area contributed by atoms with Crippen LogP contribution in [0, 0.1) is 12.3 Å². The number of rotatable bonds is 22. The molecule has 22 heteroatoms. The number of amides is 2. The molecule has 1 aromatic carbocycles. The Morgan fingerprint density at radius 3 is 2.28 bits per heavy atom. The van der Waals surface area contributed by atoms with Gasteiger partial charge in [-0.05, 0) is 31.0 Å². The van der Waals surface area contributed by atoms with Gasteiger partial charge in [0.2, 0.25) is 17.8 Å². The molecule has 64 heavy (non-hydrogen) atoms. The van der Waals surface area contributed by atoms with Crippen LogP contribution in [0.15, 0.2) is 53.7 Å². The van der Waals surface area contributed by atoms with Gasteiger partial charge in [-0.1, -0.05) is 12.3 Å². The number of terminal acetylenes is 1. The Morgan fingerprint density at radius 2 is 1.55 bits per heavy atom. The first-order valence-electron chi connectivity index (χ1n) is 20.8. The van der Waals surface area contributed by atoms with Gasteiger partial charge in [-0.3, -0.25) is 9.59 Å². The molecule has 2 amide bonds. The minimum Gasteiger partial charge on any atom is -0.436 e. The van der Waals surface area contributed by atoms with E-state index < -0.39 is 6.09 Å². The molecular weight excluding hydrogens is 827 g/mol. The van der Waals surface area contributed by atoms with Crippen molar-refractivity contribution in [3.8, 4) is 23.6 Å². The second-order valence-electron chi connectivity index (χ2n) is 14.6. The largest absolute Gasteiger partial charge is 0.436 e. The number of carbonyl (C=O) groups excluding carboxylic acids is 3. The van der Waals surface area contributed by atoms with Crippen molar-refractivity contribution >= 4 is 63.6 Å². The number of carbonyl (C=O) groups is 3. The van der Waals surface area contributed by atoms with Gasteiger partial charge in [-0.25, -0.2) is 39.4 Å². The highest BCUT2D eigenvalue weighted by atomic mass is 16.5. The number of ketones is 1. The Morgan fingerprint density at radius 1 is 0.828 bits per heavy atom. The van der Waals surface area contributed by atoms with Crippen molar-refractivity contribution in [3.05, 3.63) is 60.4 Å². The smallest absolute Gasteiger partial charge is 0.408 e. The summed E-state index contributed by atoms with van der Waals surface area (Å²) in [5, 5.41) is 10.8. The molecule has 1 fully saturated rings. The number of alkyl carbamates (subject to hydrolysis) is 1. The van der Waals surface area contributed by atoms with Crippen LogP contribution < -0.4 is 31.9 Å². The zero-order valence-corrected chi connectivity index (χ0v) is 35.1. The summed E-state index contributed by atoms with van der Waals surface area (Å²) in [5.74, 6) is 3.53. The fourth-order valence-electron chi connectivity index (χ4n) is 6.85. The minimum absolute atomic E-state index is 0.00893. The number of Topliss-reactive ketones (excluding diaryl/α,β-unsaturated/α-hetero) is 1. The fourth-order valence-corrected chi connectivity index (χ4v) is 6.85. The van der Waals surface area contributed by atoms with Crippen LogP contribution in [-0.2, 0) is 32.1 Å². The normalized spacial score (nSPS) is 12.7. The van der Waals surface area contributed by atoms with Gasteiger partial charge < -0.3 is 50.5 Å². The van der Waals surface area contributed by atoms with Crippen molar-refractivity contribution in [2.45, 2.75) is 45.2 Å². The molecule has 0 spiro atoms. The van der Waals surface area contributed by atoms with E-state index in [4.69, 9.17) is 36.9 Å². The highest BCUT2D eigenvalue weighted by Crippen LogP contribution is 2.32. The number of piperazine rings is 1. The molecule has 0 bridgehead atoms. The van der Waals surface area contributed by atoms with E-state index in [-0.39, 0.29) is 50.5 Å². The molecule has 1 aliphatic heterocycles. The van der Waals surface area contributed by atoms with Gasteiger partial charge in [-0.2, -0.15) is 10.1 Å². The molecule has 0 unspecified atom stereocenters. The predicted octanol–water partition coefficient (Wildman–Crippen LogP) is 2.55. The molecular formula is C42H49N15O7. The molecule has 1 aliphatic rings. The van der Waals surface area contributed by atoms with Crippen molar-refractivity contribution in [1.29, 1.82) is 0 Å². The molecule has 7 rings (SSSR count). The Labute approximate surface area is 367 Å². The average Bonchev–Trinajstić information content (AvgIpc) is 3.89. The lowest BCUT2D eigenvalue weighted by Crippen LogP contribution is -2.47. The van der Waals surface area contributed by atoms with E-state index in [0.29, 0.717) is 116 Å². The van der Waals surface area contributed by atoms with E-state index in [1.165, 1.54) is 6.33 Å². The summed E-state index contributed by atoms with van der Waals surface area (Å²) < 4.78 is 22.7. The minimum atomic E-state index is -0.599. The van der Waals surface area contributed by atoms with Crippen LogP contribution in [-0.4, -0.2) is 128 Å². The second kappa shape index (κ2) is 22.0. The number of hydrogen-bond acceptors (Lipinski definition) is 19. The molecule has 0 saturated carbocycles. The second-order valence-corrected chi connectivity index (χ2v) is 14.6. The predicted molar refractivity (Wildman–Crippen MR) is 235 cm³/mol. The third-order valence-corrected chi connectivity index (χ3v) is 10.1. The van der Waals surface area contributed by atoms with Crippen LogP contribution in [0.2, 0.25) is 0 Å². The summed E-state index contributed by atoms with van der Waals surface area (Å²) in [7, 11) is 0. The van der Waals surface area contributed by atoms with Gasteiger partial charge in [0.1, 0.15) is 23.4 Å². The number of aromatic nitrogens is 9. The van der Waals surface area contributed by atoms with Gasteiger partial charge in [0.05, 0.1) is 37.4 Å². The van der Waals surface area contributed by atoms with Gasteiger partial charge in [0.25, 0.3) is 6.01 Å². The number of aryl methyl sites for hydroxylation is 1. The Hall–Kier alpha value is -7.51. The van der Waals surface area contributed by atoms with E-state index in [1.54, 1.807) is 30.9 Å². The maximum Gasteiger partial charge on any atom is 0.408 e. The zero-order chi connectivity index (χ0) is 44.7. The lowest BCUT2D eigenvalue weighted by atomic mass is 10.1. The Balaban J connectivity index is 0.768. The van der Waals surface area contributed by atoms with E-state index in [0.717, 1.165) is 24.0 Å². The van der Waals surface area contributed by atoms with E-state index in [2.05, 4.69) is 66.0 Å². The number of unbranched alkanes of at least 4 members (excludes halogenated alkanes) is 2. The molecule has 6 aromatic rings.